The molecule has 0 aromatic heterocycles. The average molecular weight is 519 g/mol. The zero-order chi connectivity index (χ0) is 26.5. The van der Waals surface area contributed by atoms with Crippen molar-refractivity contribution in [2.45, 2.75) is 96.9 Å². The first kappa shape index (κ1) is 27.4. The van der Waals surface area contributed by atoms with Crippen molar-refractivity contribution in [3.05, 3.63) is 65.2 Å². The molecule has 3 aliphatic rings. The third-order valence-electron chi connectivity index (χ3n) is 9.85. The fourth-order valence-corrected chi connectivity index (χ4v) is 7.94. The number of unbranched alkanes of at least 4 members (excludes halogenated alkanes) is 1. The molecule has 6 unspecified atom stereocenters. The van der Waals surface area contributed by atoms with Crippen molar-refractivity contribution in [1.29, 1.82) is 0 Å². The summed E-state index contributed by atoms with van der Waals surface area (Å²) in [5.41, 5.74) is 4.04. The Bertz CT molecular complexity index is 1070. The molecule has 0 N–H and O–H groups in total. The maximum atomic E-state index is 13.3. The second-order valence-electron chi connectivity index (χ2n) is 12.1. The fraction of sp³-hybridized carbons (Fsp3) is 0.618. The van der Waals surface area contributed by atoms with E-state index < -0.39 is 0 Å². The van der Waals surface area contributed by atoms with Crippen molar-refractivity contribution >= 4 is 5.78 Å². The molecule has 0 spiro atoms. The number of carbonyl (C=O) groups is 1. The van der Waals surface area contributed by atoms with Crippen LogP contribution in [0.2, 0.25) is 0 Å². The van der Waals surface area contributed by atoms with Gasteiger partial charge in [-0.05, 0) is 97.4 Å². The van der Waals surface area contributed by atoms with Crippen molar-refractivity contribution in [1.82, 2.24) is 0 Å². The first-order valence-corrected chi connectivity index (χ1v) is 15.0. The smallest absolute Gasteiger partial charge is 0.157 e. The number of benzene rings is 2. The van der Waals surface area contributed by atoms with Crippen LogP contribution in [-0.2, 0) is 27.3 Å². The van der Waals surface area contributed by atoms with Gasteiger partial charge in [0.15, 0.2) is 6.29 Å². The summed E-state index contributed by atoms with van der Waals surface area (Å²) in [6, 6.07) is 17.2. The van der Waals surface area contributed by atoms with Crippen LogP contribution < -0.4 is 4.74 Å². The molecule has 38 heavy (non-hydrogen) atoms. The van der Waals surface area contributed by atoms with E-state index in [4.69, 9.17) is 14.2 Å². The largest absolute Gasteiger partial charge is 0.489 e. The molecule has 2 saturated carbocycles. The minimum absolute atomic E-state index is 0.0815. The topological polar surface area (TPSA) is 44.8 Å². The molecule has 2 aromatic carbocycles. The van der Waals surface area contributed by atoms with Crippen molar-refractivity contribution < 1.29 is 19.0 Å². The lowest BCUT2D eigenvalue weighted by Gasteiger charge is -2.50. The fourth-order valence-electron chi connectivity index (χ4n) is 7.94. The van der Waals surface area contributed by atoms with E-state index in [2.05, 4.69) is 56.3 Å². The van der Waals surface area contributed by atoms with E-state index in [-0.39, 0.29) is 11.7 Å². The molecule has 0 aliphatic heterocycles. The highest BCUT2D eigenvalue weighted by Gasteiger charge is 2.58. The van der Waals surface area contributed by atoms with Gasteiger partial charge in [-0.15, -0.1) is 0 Å². The third kappa shape index (κ3) is 5.72. The van der Waals surface area contributed by atoms with Gasteiger partial charge in [0.05, 0.1) is 0 Å². The first-order chi connectivity index (χ1) is 18.5. The molecule has 4 heteroatoms. The van der Waals surface area contributed by atoms with Gasteiger partial charge in [0.25, 0.3) is 0 Å². The number of methoxy groups -OCH3 is 1. The Morgan fingerprint density at radius 2 is 1.92 bits per heavy atom. The predicted molar refractivity (Wildman–Crippen MR) is 151 cm³/mol. The highest BCUT2D eigenvalue weighted by atomic mass is 16.7. The number of fused-ring (bicyclic) bond motifs is 5. The maximum absolute atomic E-state index is 13.3. The minimum atomic E-state index is -0.124. The van der Waals surface area contributed by atoms with Crippen molar-refractivity contribution in [3.8, 4) is 5.75 Å². The molecule has 2 fully saturated rings. The van der Waals surface area contributed by atoms with E-state index in [0.29, 0.717) is 36.1 Å². The van der Waals surface area contributed by atoms with Crippen LogP contribution in [0, 0.1) is 23.2 Å². The Kier molecular flexibility index (Phi) is 8.90. The number of rotatable bonds is 12. The number of hydrogen-bond acceptors (Lipinski definition) is 4. The number of carbonyl (C=O) groups excluding carboxylic acids is 1. The van der Waals surface area contributed by atoms with Gasteiger partial charge < -0.3 is 14.2 Å². The van der Waals surface area contributed by atoms with E-state index in [9.17, 15) is 4.79 Å². The minimum Gasteiger partial charge on any atom is -0.489 e. The van der Waals surface area contributed by atoms with Crippen LogP contribution >= 0.6 is 0 Å². The highest BCUT2D eigenvalue weighted by molar-refractivity contribution is 5.87. The Hall–Kier alpha value is -2.17. The van der Waals surface area contributed by atoms with Gasteiger partial charge in [-0.25, -0.2) is 0 Å². The molecule has 4 nitrogen and oxygen atoms in total. The summed E-state index contributed by atoms with van der Waals surface area (Å²) < 4.78 is 17.5. The zero-order valence-corrected chi connectivity index (χ0v) is 23.6. The number of ketones is 1. The maximum Gasteiger partial charge on any atom is 0.157 e. The normalized spacial score (nSPS) is 28.9. The lowest BCUT2D eigenvalue weighted by molar-refractivity contribution is -0.129. The number of hydrogen-bond donors (Lipinski definition) is 0. The molecule has 0 amide bonds. The monoisotopic (exact) mass is 518 g/mol. The second-order valence-corrected chi connectivity index (χ2v) is 12.1. The summed E-state index contributed by atoms with van der Waals surface area (Å²) in [6.45, 7) is 5.80. The molecule has 3 aliphatic carbocycles. The number of Topliss-reactive ketones (excluding diaryl/α,β-unsaturated/α-hetero) is 1. The molecule has 0 bridgehead atoms. The van der Waals surface area contributed by atoms with Crippen molar-refractivity contribution in [2.24, 2.45) is 23.2 Å². The van der Waals surface area contributed by atoms with Crippen LogP contribution in [-0.4, -0.2) is 25.8 Å². The summed E-state index contributed by atoms with van der Waals surface area (Å²) >= 11 is 0. The summed E-state index contributed by atoms with van der Waals surface area (Å²) in [5.74, 6) is 3.73. The van der Waals surface area contributed by atoms with E-state index in [1.807, 2.05) is 6.07 Å². The molecule has 0 heterocycles. The summed E-state index contributed by atoms with van der Waals surface area (Å²) in [4.78, 5) is 13.3. The Balaban J connectivity index is 1.22. The standard InChI is InChI=1S/C34H46O4/c1-4-10-32(36-3)37-20-9-8-13-26-22-31(35)34(2)19-18-29-28-17-15-27(38-23-24-11-6-5-7-12-24)21-25(28)14-16-30(29)33(26)34/h5-7,11-12,15,17,21,26,29-30,32-33H,4,8-10,13-14,16,18-20,22-23H2,1-3H3. The Morgan fingerprint density at radius 1 is 1.08 bits per heavy atom. The van der Waals surface area contributed by atoms with Crippen molar-refractivity contribution in [2.75, 3.05) is 13.7 Å². The van der Waals surface area contributed by atoms with Crippen LogP contribution in [0.1, 0.15) is 94.2 Å². The molecule has 0 saturated heterocycles. The number of ether oxygens (including phenoxy) is 3. The van der Waals surface area contributed by atoms with Gasteiger partial charge in [-0.3, -0.25) is 4.79 Å². The number of aryl methyl sites for hydroxylation is 1. The Labute approximate surface area is 229 Å². The SMILES string of the molecule is CCCC(OC)OCCCCC1CC(=O)C2(C)CCC3c4ccc(OCc5ccccc5)cc4CCC3C12. The van der Waals surface area contributed by atoms with E-state index in [0.717, 1.165) is 70.1 Å². The average Bonchev–Trinajstić information content (AvgIpc) is 3.20. The summed E-state index contributed by atoms with van der Waals surface area (Å²) in [7, 11) is 1.73. The third-order valence-corrected chi connectivity index (χ3v) is 9.85. The van der Waals surface area contributed by atoms with Gasteiger partial charge in [0.1, 0.15) is 18.1 Å². The van der Waals surface area contributed by atoms with E-state index in [1.54, 1.807) is 7.11 Å². The van der Waals surface area contributed by atoms with E-state index in [1.165, 1.54) is 23.1 Å². The van der Waals surface area contributed by atoms with Gasteiger partial charge in [0, 0.05) is 25.6 Å². The van der Waals surface area contributed by atoms with Crippen LogP contribution in [0.4, 0.5) is 0 Å². The second kappa shape index (κ2) is 12.3. The molecule has 206 valence electrons. The van der Waals surface area contributed by atoms with Crippen LogP contribution in [0.5, 0.6) is 5.75 Å². The lowest BCUT2D eigenvalue weighted by Crippen LogP contribution is -2.44. The molecule has 5 rings (SSSR count). The first-order valence-electron chi connectivity index (χ1n) is 15.0. The van der Waals surface area contributed by atoms with Crippen molar-refractivity contribution in [3.63, 3.8) is 0 Å². The van der Waals surface area contributed by atoms with E-state index >= 15 is 0 Å². The van der Waals surface area contributed by atoms with Crippen LogP contribution in [0.3, 0.4) is 0 Å². The highest BCUT2D eigenvalue weighted by Crippen LogP contribution is 2.62. The van der Waals surface area contributed by atoms with Crippen LogP contribution in [0.25, 0.3) is 0 Å². The van der Waals surface area contributed by atoms with Gasteiger partial charge >= 0.3 is 0 Å². The van der Waals surface area contributed by atoms with Crippen LogP contribution in [0.15, 0.2) is 48.5 Å². The molecular formula is C34H46O4. The molecule has 2 aromatic rings. The molecule has 0 radical (unpaired) electrons. The lowest BCUT2D eigenvalue weighted by atomic mass is 9.54. The zero-order valence-electron chi connectivity index (χ0n) is 23.6. The quantitative estimate of drug-likeness (QED) is 0.212. The molecular weight excluding hydrogens is 472 g/mol. The predicted octanol–water partition coefficient (Wildman–Crippen LogP) is 7.88. The Morgan fingerprint density at radius 3 is 2.71 bits per heavy atom. The van der Waals surface area contributed by atoms with Gasteiger partial charge in [-0.2, -0.15) is 0 Å². The van der Waals surface area contributed by atoms with Gasteiger partial charge in [-0.1, -0.05) is 63.1 Å². The van der Waals surface area contributed by atoms with Gasteiger partial charge in [0.2, 0.25) is 0 Å². The summed E-state index contributed by atoms with van der Waals surface area (Å²) in [5, 5.41) is 0. The summed E-state index contributed by atoms with van der Waals surface area (Å²) in [6.07, 6.45) is 10.5. The molecule has 6 atom stereocenters.